The number of benzene rings is 1. The third-order valence-electron chi connectivity index (χ3n) is 2.58. The quantitative estimate of drug-likeness (QED) is 0.660. The highest BCUT2D eigenvalue weighted by Gasteiger charge is 2.05. The average Bonchev–Trinajstić information content (AvgIpc) is 2.16. The molecule has 0 atom stereocenters. The molecule has 0 aliphatic carbocycles. The van der Waals surface area contributed by atoms with Gasteiger partial charge < -0.3 is 0 Å². The van der Waals surface area contributed by atoms with Crippen LogP contribution in [0.3, 0.4) is 0 Å². The van der Waals surface area contributed by atoms with Crippen molar-refractivity contribution in [2.45, 2.75) is 26.7 Å². The molecule has 0 aliphatic heterocycles. The van der Waals surface area contributed by atoms with Gasteiger partial charge in [0.05, 0.1) is 5.52 Å². The molecule has 0 spiro atoms. The van der Waals surface area contributed by atoms with Gasteiger partial charge in [-0.2, -0.15) is 0 Å². The fraction of sp³-hybridized carbons (Fsp3) is 0.308. The Bertz CT molecular complexity index is 458. The zero-order valence-corrected chi connectivity index (χ0v) is 8.91. The molecular weight excluding hydrogens is 170 g/mol. The molecule has 0 unspecified atom stereocenters. The minimum atomic E-state index is 0.548. The number of nitrogens with zero attached hydrogens (tertiary/aromatic N) is 1. The lowest BCUT2D eigenvalue weighted by molar-refractivity contribution is 0.848. The van der Waals surface area contributed by atoms with Crippen LogP contribution in [0.4, 0.5) is 0 Å². The topological polar surface area (TPSA) is 12.9 Å². The second-order valence-electron chi connectivity index (χ2n) is 4.01. The first kappa shape index (κ1) is 9.20. The molecule has 1 heteroatoms. The Kier molecular flexibility index (Phi) is 2.24. The van der Waals surface area contributed by atoms with Crippen LogP contribution in [-0.2, 0) is 0 Å². The third-order valence-corrected chi connectivity index (χ3v) is 2.58. The number of para-hydroxylation sites is 1. The summed E-state index contributed by atoms with van der Waals surface area (Å²) >= 11 is 0. The minimum Gasteiger partial charge on any atom is -0.253 e. The maximum atomic E-state index is 4.60. The van der Waals surface area contributed by atoms with Crippen molar-refractivity contribution in [3.8, 4) is 0 Å². The lowest BCUT2D eigenvalue weighted by Gasteiger charge is -2.10. The van der Waals surface area contributed by atoms with Crippen molar-refractivity contribution in [2.75, 3.05) is 0 Å². The van der Waals surface area contributed by atoms with E-state index in [0.29, 0.717) is 5.92 Å². The van der Waals surface area contributed by atoms with Crippen molar-refractivity contribution in [3.63, 3.8) is 0 Å². The fourth-order valence-corrected chi connectivity index (χ4v) is 1.81. The molecule has 0 saturated heterocycles. The first-order valence-electron chi connectivity index (χ1n) is 5.05. The molecule has 0 saturated carbocycles. The van der Waals surface area contributed by atoms with E-state index in [1.807, 2.05) is 6.07 Å². The predicted octanol–water partition coefficient (Wildman–Crippen LogP) is 3.67. The van der Waals surface area contributed by atoms with E-state index in [1.54, 1.807) is 0 Å². The summed E-state index contributed by atoms with van der Waals surface area (Å²) in [5.74, 6) is 0.548. The molecule has 0 amide bonds. The van der Waals surface area contributed by atoms with Crippen molar-refractivity contribution >= 4 is 10.9 Å². The van der Waals surface area contributed by atoms with Crippen LogP contribution in [-0.4, -0.2) is 4.98 Å². The second-order valence-corrected chi connectivity index (χ2v) is 4.01. The largest absolute Gasteiger partial charge is 0.253 e. The van der Waals surface area contributed by atoms with Gasteiger partial charge in [0.15, 0.2) is 0 Å². The molecule has 0 N–H and O–H groups in total. The van der Waals surface area contributed by atoms with E-state index in [1.165, 1.54) is 10.9 Å². The first-order valence-corrected chi connectivity index (χ1v) is 5.05. The number of rotatable bonds is 1. The molecule has 1 aromatic carbocycles. The van der Waals surface area contributed by atoms with Crippen molar-refractivity contribution in [3.05, 3.63) is 41.6 Å². The summed E-state index contributed by atoms with van der Waals surface area (Å²) in [5, 5.41) is 1.24. The Labute approximate surface area is 84.8 Å². The molecule has 1 aromatic heterocycles. The Hall–Kier alpha value is -1.37. The number of hydrogen-bond acceptors (Lipinski definition) is 1. The number of aryl methyl sites for hydroxylation is 1. The standard InChI is InChI=1S/C13H15N/c1-9(2)12-8-11-6-4-5-7-13(11)14-10(12)3/h4-9H,1-3H3. The van der Waals surface area contributed by atoms with Gasteiger partial charge in [-0.15, -0.1) is 0 Å². The number of fused-ring (bicyclic) bond motifs is 1. The zero-order chi connectivity index (χ0) is 10.1. The summed E-state index contributed by atoms with van der Waals surface area (Å²) in [5.41, 5.74) is 3.59. The SMILES string of the molecule is Cc1nc2ccccc2cc1C(C)C. The summed E-state index contributed by atoms with van der Waals surface area (Å²) in [6.45, 7) is 6.50. The lowest BCUT2D eigenvalue weighted by atomic mass is 10.00. The third kappa shape index (κ3) is 1.50. The molecule has 0 aliphatic rings. The van der Waals surface area contributed by atoms with Crippen molar-refractivity contribution in [2.24, 2.45) is 0 Å². The van der Waals surface area contributed by atoms with Gasteiger partial charge in [0.1, 0.15) is 0 Å². The van der Waals surface area contributed by atoms with E-state index in [9.17, 15) is 0 Å². The zero-order valence-electron chi connectivity index (χ0n) is 8.91. The van der Waals surface area contributed by atoms with Crippen LogP contribution >= 0.6 is 0 Å². The van der Waals surface area contributed by atoms with Crippen LogP contribution in [0.5, 0.6) is 0 Å². The Morgan fingerprint density at radius 3 is 2.57 bits per heavy atom. The Morgan fingerprint density at radius 1 is 1.14 bits per heavy atom. The average molecular weight is 185 g/mol. The van der Waals surface area contributed by atoms with Gasteiger partial charge in [-0.3, -0.25) is 4.98 Å². The van der Waals surface area contributed by atoms with Gasteiger partial charge in [-0.05, 0) is 30.5 Å². The molecule has 0 fully saturated rings. The summed E-state index contributed by atoms with van der Waals surface area (Å²) in [4.78, 5) is 4.60. The monoisotopic (exact) mass is 185 g/mol. The summed E-state index contributed by atoms with van der Waals surface area (Å²) in [7, 11) is 0. The van der Waals surface area contributed by atoms with Gasteiger partial charge in [0.2, 0.25) is 0 Å². The van der Waals surface area contributed by atoms with E-state index >= 15 is 0 Å². The van der Waals surface area contributed by atoms with E-state index in [-0.39, 0.29) is 0 Å². The molecule has 14 heavy (non-hydrogen) atoms. The van der Waals surface area contributed by atoms with Crippen molar-refractivity contribution < 1.29 is 0 Å². The van der Waals surface area contributed by atoms with E-state index in [0.717, 1.165) is 11.2 Å². The molecule has 1 nitrogen and oxygen atoms in total. The van der Waals surface area contributed by atoms with Crippen molar-refractivity contribution in [1.29, 1.82) is 0 Å². The molecule has 0 bridgehead atoms. The number of pyridine rings is 1. The summed E-state index contributed by atoms with van der Waals surface area (Å²) in [6.07, 6.45) is 0. The van der Waals surface area contributed by atoms with Gasteiger partial charge in [0.25, 0.3) is 0 Å². The smallest absolute Gasteiger partial charge is 0.0705 e. The maximum Gasteiger partial charge on any atom is 0.0705 e. The number of hydrogen-bond donors (Lipinski definition) is 0. The molecular formula is C13H15N. The fourth-order valence-electron chi connectivity index (χ4n) is 1.81. The maximum absolute atomic E-state index is 4.60. The van der Waals surface area contributed by atoms with Crippen LogP contribution < -0.4 is 0 Å². The highest BCUT2D eigenvalue weighted by atomic mass is 14.7. The van der Waals surface area contributed by atoms with Gasteiger partial charge >= 0.3 is 0 Å². The van der Waals surface area contributed by atoms with Crippen LogP contribution in [0.15, 0.2) is 30.3 Å². The first-order chi connectivity index (χ1) is 6.68. The molecule has 2 rings (SSSR count). The number of aromatic nitrogens is 1. The summed E-state index contributed by atoms with van der Waals surface area (Å²) < 4.78 is 0. The van der Waals surface area contributed by atoms with Gasteiger partial charge in [-0.25, -0.2) is 0 Å². The van der Waals surface area contributed by atoms with E-state index in [2.05, 4.69) is 50.0 Å². The summed E-state index contributed by atoms with van der Waals surface area (Å²) in [6, 6.07) is 10.5. The van der Waals surface area contributed by atoms with Crippen LogP contribution in [0.1, 0.15) is 31.0 Å². The molecule has 0 radical (unpaired) electrons. The highest BCUT2D eigenvalue weighted by molar-refractivity contribution is 5.79. The van der Waals surface area contributed by atoms with E-state index in [4.69, 9.17) is 0 Å². The highest BCUT2D eigenvalue weighted by Crippen LogP contribution is 2.22. The molecule has 1 heterocycles. The lowest BCUT2D eigenvalue weighted by Crippen LogP contribution is -1.95. The van der Waals surface area contributed by atoms with Gasteiger partial charge in [0, 0.05) is 11.1 Å². The Balaban J connectivity index is 2.71. The molecule has 72 valence electrons. The van der Waals surface area contributed by atoms with Crippen LogP contribution in [0.25, 0.3) is 10.9 Å². The van der Waals surface area contributed by atoms with Gasteiger partial charge in [-0.1, -0.05) is 32.0 Å². The second kappa shape index (κ2) is 3.41. The van der Waals surface area contributed by atoms with E-state index < -0.39 is 0 Å². The minimum absolute atomic E-state index is 0.548. The predicted molar refractivity (Wildman–Crippen MR) is 60.6 cm³/mol. The normalized spacial score (nSPS) is 11.1. The Morgan fingerprint density at radius 2 is 1.86 bits per heavy atom. The molecule has 2 aromatic rings. The van der Waals surface area contributed by atoms with Crippen LogP contribution in [0, 0.1) is 6.92 Å². The van der Waals surface area contributed by atoms with Crippen molar-refractivity contribution in [1.82, 2.24) is 4.98 Å². The van der Waals surface area contributed by atoms with Crippen LogP contribution in [0.2, 0.25) is 0 Å².